The molecule has 0 radical (unpaired) electrons. The predicted molar refractivity (Wildman–Crippen MR) is 70.5 cm³/mol. The van der Waals surface area contributed by atoms with Crippen LogP contribution in [0.5, 0.6) is 5.75 Å². The quantitative estimate of drug-likeness (QED) is 0.788. The second-order valence-corrected chi connectivity index (χ2v) is 4.49. The van der Waals surface area contributed by atoms with Gasteiger partial charge in [0.05, 0.1) is 6.10 Å². The third-order valence-electron chi connectivity index (χ3n) is 2.72. The van der Waals surface area contributed by atoms with E-state index >= 15 is 0 Å². The van der Waals surface area contributed by atoms with Gasteiger partial charge in [-0.25, -0.2) is 0 Å². The number of ether oxygens (including phenoxy) is 1. The molecular formula is C14H23NO2. The van der Waals surface area contributed by atoms with E-state index in [1.54, 1.807) is 0 Å². The molecule has 0 aliphatic rings. The molecular weight excluding hydrogens is 214 g/mol. The zero-order chi connectivity index (χ0) is 12.7. The lowest BCUT2D eigenvalue weighted by Gasteiger charge is -2.19. The van der Waals surface area contributed by atoms with Gasteiger partial charge in [0, 0.05) is 13.1 Å². The minimum absolute atomic E-state index is 0.237. The molecule has 96 valence electrons. The molecule has 1 aromatic rings. The van der Waals surface area contributed by atoms with E-state index in [1.165, 1.54) is 5.56 Å². The van der Waals surface area contributed by atoms with E-state index < -0.39 is 0 Å². The average molecular weight is 237 g/mol. The Balaban J connectivity index is 2.23. The Morgan fingerprint density at radius 3 is 2.82 bits per heavy atom. The number of aliphatic hydroxyl groups excluding tert-OH is 1. The maximum atomic E-state index is 9.50. The van der Waals surface area contributed by atoms with Gasteiger partial charge < -0.3 is 14.7 Å². The molecule has 1 aromatic carbocycles. The second kappa shape index (κ2) is 7.30. The predicted octanol–water partition coefficient (Wildman–Crippen LogP) is 2.08. The number of likely N-dealkylation sites (N-methyl/N-ethyl adjacent to an activating group) is 1. The van der Waals surface area contributed by atoms with Crippen LogP contribution in [0.25, 0.3) is 0 Å². The van der Waals surface area contributed by atoms with E-state index in [-0.39, 0.29) is 6.10 Å². The van der Waals surface area contributed by atoms with Crippen molar-refractivity contribution in [1.29, 1.82) is 0 Å². The number of hydrogen-bond acceptors (Lipinski definition) is 3. The zero-order valence-electron chi connectivity index (χ0n) is 11.0. The van der Waals surface area contributed by atoms with Crippen LogP contribution in [0.3, 0.4) is 0 Å². The van der Waals surface area contributed by atoms with Gasteiger partial charge >= 0.3 is 0 Å². The SMILES string of the molecule is CCC(O)CN(C)CCOc1cccc(C)c1. The summed E-state index contributed by atoms with van der Waals surface area (Å²) in [5.74, 6) is 0.912. The van der Waals surface area contributed by atoms with Crippen molar-refractivity contribution in [3.63, 3.8) is 0 Å². The number of nitrogens with zero attached hydrogens (tertiary/aromatic N) is 1. The van der Waals surface area contributed by atoms with Crippen LogP contribution in [0.15, 0.2) is 24.3 Å². The molecule has 3 heteroatoms. The van der Waals surface area contributed by atoms with Crippen molar-refractivity contribution in [3.05, 3.63) is 29.8 Å². The van der Waals surface area contributed by atoms with Crippen LogP contribution in [0.4, 0.5) is 0 Å². The number of hydrogen-bond donors (Lipinski definition) is 1. The van der Waals surface area contributed by atoms with Crippen LogP contribution < -0.4 is 4.74 Å². The van der Waals surface area contributed by atoms with E-state index in [4.69, 9.17) is 4.74 Å². The van der Waals surface area contributed by atoms with E-state index in [2.05, 4.69) is 17.9 Å². The molecule has 0 amide bonds. The Morgan fingerprint density at radius 1 is 1.41 bits per heavy atom. The fraction of sp³-hybridized carbons (Fsp3) is 0.571. The molecule has 0 fully saturated rings. The average Bonchev–Trinajstić information content (AvgIpc) is 2.29. The van der Waals surface area contributed by atoms with Gasteiger partial charge in [-0.2, -0.15) is 0 Å². The molecule has 0 aliphatic heterocycles. The minimum Gasteiger partial charge on any atom is -0.492 e. The summed E-state index contributed by atoms with van der Waals surface area (Å²) in [6.45, 7) is 6.22. The number of aliphatic hydroxyl groups is 1. The van der Waals surface area contributed by atoms with Gasteiger partial charge in [-0.05, 0) is 38.1 Å². The Kier molecular flexibility index (Phi) is 6.01. The molecule has 1 N–H and O–H groups in total. The lowest BCUT2D eigenvalue weighted by atomic mass is 10.2. The van der Waals surface area contributed by atoms with Gasteiger partial charge in [-0.3, -0.25) is 0 Å². The van der Waals surface area contributed by atoms with E-state index in [1.807, 2.05) is 32.2 Å². The maximum absolute atomic E-state index is 9.50. The van der Waals surface area contributed by atoms with Crippen molar-refractivity contribution in [3.8, 4) is 5.75 Å². The van der Waals surface area contributed by atoms with Gasteiger partial charge in [0.25, 0.3) is 0 Å². The zero-order valence-corrected chi connectivity index (χ0v) is 11.0. The van der Waals surface area contributed by atoms with E-state index in [9.17, 15) is 5.11 Å². The highest BCUT2D eigenvalue weighted by Crippen LogP contribution is 2.11. The van der Waals surface area contributed by atoms with Crippen LogP contribution in [-0.4, -0.2) is 42.9 Å². The highest BCUT2D eigenvalue weighted by molar-refractivity contribution is 5.27. The number of aryl methyl sites for hydroxylation is 1. The molecule has 0 aliphatic carbocycles. The second-order valence-electron chi connectivity index (χ2n) is 4.49. The standard InChI is InChI=1S/C14H23NO2/c1-4-13(16)11-15(3)8-9-17-14-7-5-6-12(2)10-14/h5-7,10,13,16H,4,8-9,11H2,1-3H3. The highest BCUT2D eigenvalue weighted by Gasteiger charge is 2.05. The molecule has 0 heterocycles. The van der Waals surface area contributed by atoms with Crippen molar-refractivity contribution in [2.45, 2.75) is 26.4 Å². The van der Waals surface area contributed by atoms with Gasteiger partial charge in [0.1, 0.15) is 12.4 Å². The summed E-state index contributed by atoms with van der Waals surface area (Å²) in [5, 5.41) is 9.50. The molecule has 0 saturated heterocycles. The van der Waals surface area contributed by atoms with Crippen LogP contribution in [-0.2, 0) is 0 Å². The molecule has 0 saturated carbocycles. The summed E-state index contributed by atoms with van der Waals surface area (Å²) in [6, 6.07) is 8.04. The fourth-order valence-corrected chi connectivity index (χ4v) is 1.60. The molecule has 3 nitrogen and oxygen atoms in total. The van der Waals surface area contributed by atoms with Gasteiger partial charge in [-0.1, -0.05) is 19.1 Å². The normalized spacial score (nSPS) is 12.8. The lowest BCUT2D eigenvalue weighted by Crippen LogP contribution is -2.31. The summed E-state index contributed by atoms with van der Waals surface area (Å²) in [4.78, 5) is 2.09. The first kappa shape index (κ1) is 14.0. The van der Waals surface area contributed by atoms with Crippen LogP contribution in [0.2, 0.25) is 0 Å². The third kappa shape index (κ3) is 5.71. The van der Waals surface area contributed by atoms with Crippen molar-refractivity contribution in [2.75, 3.05) is 26.7 Å². The topological polar surface area (TPSA) is 32.7 Å². The van der Waals surface area contributed by atoms with Gasteiger partial charge in [0.15, 0.2) is 0 Å². The Hall–Kier alpha value is -1.06. The first-order chi connectivity index (χ1) is 8.11. The molecule has 0 spiro atoms. The largest absolute Gasteiger partial charge is 0.492 e. The van der Waals surface area contributed by atoms with Crippen molar-refractivity contribution < 1.29 is 9.84 Å². The van der Waals surface area contributed by atoms with Crippen molar-refractivity contribution >= 4 is 0 Å². The summed E-state index contributed by atoms with van der Waals surface area (Å²) < 4.78 is 5.65. The molecule has 1 unspecified atom stereocenters. The van der Waals surface area contributed by atoms with Crippen LogP contribution in [0.1, 0.15) is 18.9 Å². The first-order valence-corrected chi connectivity index (χ1v) is 6.18. The smallest absolute Gasteiger partial charge is 0.119 e. The summed E-state index contributed by atoms with van der Waals surface area (Å²) >= 11 is 0. The van der Waals surface area contributed by atoms with E-state index in [0.717, 1.165) is 18.7 Å². The third-order valence-corrected chi connectivity index (χ3v) is 2.72. The Bertz CT molecular complexity index is 328. The summed E-state index contributed by atoms with van der Waals surface area (Å²) in [5.41, 5.74) is 1.21. The summed E-state index contributed by atoms with van der Waals surface area (Å²) in [7, 11) is 2.00. The minimum atomic E-state index is -0.237. The molecule has 0 bridgehead atoms. The monoisotopic (exact) mass is 237 g/mol. The van der Waals surface area contributed by atoms with Crippen LogP contribution >= 0.6 is 0 Å². The molecule has 1 atom stereocenters. The molecule has 1 rings (SSSR count). The maximum Gasteiger partial charge on any atom is 0.119 e. The van der Waals surface area contributed by atoms with Crippen molar-refractivity contribution in [2.24, 2.45) is 0 Å². The fourth-order valence-electron chi connectivity index (χ4n) is 1.60. The van der Waals surface area contributed by atoms with E-state index in [0.29, 0.717) is 13.2 Å². The van der Waals surface area contributed by atoms with Gasteiger partial charge in [0.2, 0.25) is 0 Å². The highest BCUT2D eigenvalue weighted by atomic mass is 16.5. The number of rotatable bonds is 7. The first-order valence-electron chi connectivity index (χ1n) is 6.18. The van der Waals surface area contributed by atoms with Crippen LogP contribution in [0, 0.1) is 6.92 Å². The molecule has 17 heavy (non-hydrogen) atoms. The Morgan fingerprint density at radius 2 is 2.18 bits per heavy atom. The lowest BCUT2D eigenvalue weighted by molar-refractivity contribution is 0.114. The molecule has 0 aromatic heterocycles. The van der Waals surface area contributed by atoms with Crippen molar-refractivity contribution in [1.82, 2.24) is 4.90 Å². The van der Waals surface area contributed by atoms with Gasteiger partial charge in [-0.15, -0.1) is 0 Å². The number of benzene rings is 1. The summed E-state index contributed by atoms with van der Waals surface area (Å²) in [6.07, 6.45) is 0.558. The Labute approximate surface area is 104 Å².